The van der Waals surface area contributed by atoms with Crippen LogP contribution >= 0.6 is 0 Å². The molecule has 0 aliphatic rings. The fourth-order valence-electron chi connectivity index (χ4n) is 1.19. The number of aromatic amines is 1. The Balaban J connectivity index is 2.48. The molecule has 0 radical (unpaired) electrons. The van der Waals surface area contributed by atoms with Crippen LogP contribution in [0.4, 0.5) is 0 Å². The van der Waals surface area contributed by atoms with Crippen molar-refractivity contribution in [3.05, 3.63) is 35.9 Å². The molecule has 66 valence electrons. The van der Waals surface area contributed by atoms with Gasteiger partial charge in [-0.2, -0.15) is 0 Å². The van der Waals surface area contributed by atoms with E-state index in [1.54, 1.807) is 12.4 Å². The first-order valence-electron chi connectivity index (χ1n) is 4.21. The van der Waals surface area contributed by atoms with E-state index in [1.165, 1.54) is 0 Å². The molecule has 0 saturated carbocycles. The second-order valence-corrected chi connectivity index (χ2v) is 3.03. The van der Waals surface area contributed by atoms with Crippen molar-refractivity contribution in [1.29, 1.82) is 0 Å². The van der Waals surface area contributed by atoms with Gasteiger partial charge in [-0.05, 0) is 26.0 Å². The van der Waals surface area contributed by atoms with Gasteiger partial charge in [0, 0.05) is 23.7 Å². The first kappa shape index (κ1) is 7.98. The monoisotopic (exact) mass is 173 g/mol. The third-order valence-corrected chi connectivity index (χ3v) is 2.08. The highest BCUT2D eigenvalue weighted by atomic mass is 14.9. The topological polar surface area (TPSA) is 41.6 Å². The Bertz CT molecular complexity index is 384. The van der Waals surface area contributed by atoms with E-state index in [9.17, 15) is 0 Å². The number of H-pyrrole nitrogens is 1. The summed E-state index contributed by atoms with van der Waals surface area (Å²) >= 11 is 0. The minimum atomic E-state index is 0.914. The molecule has 0 amide bonds. The van der Waals surface area contributed by atoms with E-state index in [2.05, 4.69) is 15.0 Å². The van der Waals surface area contributed by atoms with Crippen LogP contribution in [0.25, 0.3) is 11.4 Å². The molecule has 0 saturated heterocycles. The number of pyridine rings is 1. The molecule has 2 heterocycles. The summed E-state index contributed by atoms with van der Waals surface area (Å²) in [6.07, 6.45) is 3.53. The van der Waals surface area contributed by atoms with Gasteiger partial charge in [-0.15, -0.1) is 0 Å². The van der Waals surface area contributed by atoms with Crippen LogP contribution in [0.1, 0.15) is 11.4 Å². The molecule has 3 heteroatoms. The van der Waals surface area contributed by atoms with Crippen LogP contribution in [-0.2, 0) is 0 Å². The number of rotatable bonds is 1. The normalized spacial score (nSPS) is 10.3. The highest BCUT2D eigenvalue weighted by molar-refractivity contribution is 5.54. The Hall–Kier alpha value is -1.64. The zero-order valence-corrected chi connectivity index (χ0v) is 7.70. The van der Waals surface area contributed by atoms with Gasteiger partial charge in [-0.1, -0.05) is 0 Å². The molecule has 1 N–H and O–H groups in total. The van der Waals surface area contributed by atoms with Crippen LogP contribution < -0.4 is 0 Å². The Morgan fingerprint density at radius 1 is 1.15 bits per heavy atom. The van der Waals surface area contributed by atoms with E-state index in [0.29, 0.717) is 0 Å². The number of imidazole rings is 1. The molecular weight excluding hydrogens is 162 g/mol. The molecule has 0 aromatic carbocycles. The van der Waals surface area contributed by atoms with Gasteiger partial charge in [-0.3, -0.25) is 4.98 Å². The van der Waals surface area contributed by atoms with Crippen LogP contribution in [0.3, 0.4) is 0 Å². The summed E-state index contributed by atoms with van der Waals surface area (Å²) in [5, 5.41) is 0. The quantitative estimate of drug-likeness (QED) is 0.717. The highest BCUT2D eigenvalue weighted by Crippen LogP contribution is 2.15. The van der Waals surface area contributed by atoms with Crippen LogP contribution in [0.15, 0.2) is 24.5 Å². The van der Waals surface area contributed by atoms with Crippen LogP contribution in [-0.4, -0.2) is 15.0 Å². The molecule has 0 atom stereocenters. The molecule has 0 fully saturated rings. The van der Waals surface area contributed by atoms with Gasteiger partial charge in [0.2, 0.25) is 0 Å². The maximum atomic E-state index is 4.40. The van der Waals surface area contributed by atoms with Crippen molar-refractivity contribution < 1.29 is 0 Å². The summed E-state index contributed by atoms with van der Waals surface area (Å²) in [5.74, 6) is 0.914. The van der Waals surface area contributed by atoms with E-state index in [-0.39, 0.29) is 0 Å². The summed E-state index contributed by atoms with van der Waals surface area (Å²) in [7, 11) is 0. The Labute approximate surface area is 76.9 Å². The molecule has 2 aromatic rings. The summed E-state index contributed by atoms with van der Waals surface area (Å²) in [4.78, 5) is 11.6. The van der Waals surface area contributed by atoms with Gasteiger partial charge in [-0.25, -0.2) is 4.98 Å². The minimum absolute atomic E-state index is 0.914. The number of hydrogen-bond donors (Lipinski definition) is 1. The largest absolute Gasteiger partial charge is 0.342 e. The van der Waals surface area contributed by atoms with Gasteiger partial charge < -0.3 is 4.98 Å². The minimum Gasteiger partial charge on any atom is -0.342 e. The lowest BCUT2D eigenvalue weighted by atomic mass is 10.2. The lowest BCUT2D eigenvalue weighted by molar-refractivity contribution is 1.22. The molecule has 0 aliphatic carbocycles. The maximum absolute atomic E-state index is 4.40. The van der Waals surface area contributed by atoms with E-state index < -0.39 is 0 Å². The van der Waals surface area contributed by atoms with Crippen molar-refractivity contribution in [3.63, 3.8) is 0 Å². The predicted octanol–water partition coefficient (Wildman–Crippen LogP) is 2.09. The number of aryl methyl sites for hydroxylation is 2. The fraction of sp³-hybridized carbons (Fsp3) is 0.200. The predicted molar refractivity (Wildman–Crippen MR) is 51.3 cm³/mol. The standard InChI is InChI=1S/C10H11N3/c1-7-8(2)13-10(12-7)9-3-5-11-6-4-9/h3-6H,1-2H3,(H,12,13). The van der Waals surface area contributed by atoms with Gasteiger partial charge in [0.15, 0.2) is 0 Å². The first-order chi connectivity index (χ1) is 6.27. The van der Waals surface area contributed by atoms with Crippen LogP contribution in [0.5, 0.6) is 0 Å². The van der Waals surface area contributed by atoms with Gasteiger partial charge in [0.25, 0.3) is 0 Å². The molecule has 3 nitrogen and oxygen atoms in total. The zero-order chi connectivity index (χ0) is 9.26. The van der Waals surface area contributed by atoms with Crippen molar-refractivity contribution in [2.24, 2.45) is 0 Å². The number of hydrogen-bond acceptors (Lipinski definition) is 2. The first-order valence-corrected chi connectivity index (χ1v) is 4.21. The molecule has 2 rings (SSSR count). The molecular formula is C10H11N3. The van der Waals surface area contributed by atoms with E-state index in [0.717, 1.165) is 22.8 Å². The zero-order valence-electron chi connectivity index (χ0n) is 7.70. The van der Waals surface area contributed by atoms with Gasteiger partial charge in [0.05, 0.1) is 5.69 Å². The second kappa shape index (κ2) is 3.01. The number of nitrogens with zero attached hydrogens (tertiary/aromatic N) is 2. The SMILES string of the molecule is Cc1nc(-c2ccncc2)[nH]c1C. The Morgan fingerprint density at radius 2 is 1.85 bits per heavy atom. The fourth-order valence-corrected chi connectivity index (χ4v) is 1.19. The lowest BCUT2D eigenvalue weighted by Crippen LogP contribution is -1.80. The number of nitrogens with one attached hydrogen (secondary N) is 1. The smallest absolute Gasteiger partial charge is 0.137 e. The van der Waals surface area contributed by atoms with E-state index in [4.69, 9.17) is 0 Å². The average Bonchev–Trinajstić information content (AvgIpc) is 2.49. The van der Waals surface area contributed by atoms with Crippen molar-refractivity contribution in [1.82, 2.24) is 15.0 Å². The van der Waals surface area contributed by atoms with Crippen molar-refractivity contribution in [3.8, 4) is 11.4 Å². The van der Waals surface area contributed by atoms with Gasteiger partial charge >= 0.3 is 0 Å². The van der Waals surface area contributed by atoms with Gasteiger partial charge in [0.1, 0.15) is 5.82 Å². The summed E-state index contributed by atoms with van der Waals surface area (Å²) in [6, 6.07) is 3.88. The summed E-state index contributed by atoms with van der Waals surface area (Å²) < 4.78 is 0. The molecule has 0 spiro atoms. The lowest BCUT2D eigenvalue weighted by Gasteiger charge is -1.93. The number of aromatic nitrogens is 3. The molecule has 0 aliphatic heterocycles. The third kappa shape index (κ3) is 1.45. The molecule has 0 unspecified atom stereocenters. The van der Waals surface area contributed by atoms with E-state index in [1.807, 2.05) is 26.0 Å². The maximum Gasteiger partial charge on any atom is 0.137 e. The molecule has 2 aromatic heterocycles. The summed E-state index contributed by atoms with van der Waals surface area (Å²) in [6.45, 7) is 4.02. The highest BCUT2D eigenvalue weighted by Gasteiger charge is 2.03. The Kier molecular flexibility index (Phi) is 1.85. The average molecular weight is 173 g/mol. The third-order valence-electron chi connectivity index (χ3n) is 2.08. The summed E-state index contributed by atoms with van der Waals surface area (Å²) in [5.41, 5.74) is 3.24. The Morgan fingerprint density at radius 3 is 2.38 bits per heavy atom. The van der Waals surface area contributed by atoms with Crippen molar-refractivity contribution in [2.45, 2.75) is 13.8 Å². The molecule has 13 heavy (non-hydrogen) atoms. The van der Waals surface area contributed by atoms with Crippen LogP contribution in [0, 0.1) is 13.8 Å². The van der Waals surface area contributed by atoms with E-state index >= 15 is 0 Å². The molecule has 0 bridgehead atoms. The van der Waals surface area contributed by atoms with Crippen molar-refractivity contribution in [2.75, 3.05) is 0 Å². The second-order valence-electron chi connectivity index (χ2n) is 3.03. The van der Waals surface area contributed by atoms with Crippen LogP contribution in [0.2, 0.25) is 0 Å². The van der Waals surface area contributed by atoms with Crippen molar-refractivity contribution >= 4 is 0 Å².